The summed E-state index contributed by atoms with van der Waals surface area (Å²) < 4.78 is 29.5. The molecule has 2 aromatic carbocycles. The molecule has 1 fully saturated rings. The highest BCUT2D eigenvalue weighted by Crippen LogP contribution is 2.36. The predicted molar refractivity (Wildman–Crippen MR) is 114 cm³/mol. The maximum Gasteiger partial charge on any atom is 0.251 e. The van der Waals surface area contributed by atoms with E-state index >= 15 is 0 Å². The Balaban J connectivity index is 1.66. The smallest absolute Gasteiger partial charge is 0.251 e. The number of alkyl halides is 2. The van der Waals surface area contributed by atoms with Crippen LogP contribution in [0.4, 0.5) is 14.6 Å². The van der Waals surface area contributed by atoms with E-state index in [-0.39, 0.29) is 12.8 Å². The second kappa shape index (κ2) is 6.99. The van der Waals surface area contributed by atoms with Crippen LogP contribution < -0.4 is 4.90 Å². The fraction of sp³-hybridized carbons (Fsp3) is 0.261. The number of nitrogens with zero attached hydrogens (tertiary/aromatic N) is 3. The standard InChI is InChI=1S/C23H20ClF2N3/c24-19-7-3-1-5-16(19)15-29-12-9-18-21(29)17-6-2-4-8-20(17)27-22(18)28-13-10-23(25,26)11-14-28/h1-9,12H,10-11,13-15H2. The van der Waals surface area contributed by atoms with Gasteiger partial charge in [0.1, 0.15) is 5.82 Å². The van der Waals surface area contributed by atoms with Gasteiger partial charge in [-0.3, -0.25) is 0 Å². The first-order chi connectivity index (χ1) is 14.0. The minimum absolute atomic E-state index is 0.136. The molecule has 5 rings (SSSR count). The zero-order valence-corrected chi connectivity index (χ0v) is 16.5. The Morgan fingerprint density at radius 3 is 2.45 bits per heavy atom. The molecule has 0 aliphatic carbocycles. The predicted octanol–water partition coefficient (Wildman–Crippen LogP) is 6.13. The van der Waals surface area contributed by atoms with E-state index < -0.39 is 5.92 Å². The lowest BCUT2D eigenvalue weighted by atomic mass is 10.1. The van der Waals surface area contributed by atoms with Gasteiger partial charge in [0.25, 0.3) is 5.92 Å². The summed E-state index contributed by atoms with van der Waals surface area (Å²) in [4.78, 5) is 6.85. The van der Waals surface area contributed by atoms with Gasteiger partial charge in [0.05, 0.1) is 11.0 Å². The Morgan fingerprint density at radius 1 is 0.931 bits per heavy atom. The van der Waals surface area contributed by atoms with Crippen molar-refractivity contribution in [1.29, 1.82) is 0 Å². The molecule has 148 valence electrons. The van der Waals surface area contributed by atoms with Crippen LogP contribution in [0.25, 0.3) is 21.8 Å². The van der Waals surface area contributed by atoms with E-state index in [0.717, 1.165) is 38.2 Å². The molecule has 0 amide bonds. The van der Waals surface area contributed by atoms with Crippen molar-refractivity contribution < 1.29 is 8.78 Å². The Morgan fingerprint density at radius 2 is 1.66 bits per heavy atom. The molecule has 1 aliphatic heterocycles. The van der Waals surface area contributed by atoms with E-state index in [1.54, 1.807) is 0 Å². The molecule has 1 aliphatic rings. The Hall–Kier alpha value is -2.66. The van der Waals surface area contributed by atoms with E-state index in [1.165, 1.54) is 0 Å². The molecular formula is C23H20ClF2N3. The van der Waals surface area contributed by atoms with Crippen LogP contribution in [-0.4, -0.2) is 28.6 Å². The van der Waals surface area contributed by atoms with Gasteiger partial charge in [0.15, 0.2) is 0 Å². The molecule has 0 atom stereocenters. The van der Waals surface area contributed by atoms with E-state index in [0.29, 0.717) is 19.6 Å². The van der Waals surface area contributed by atoms with Crippen LogP contribution in [0.3, 0.4) is 0 Å². The van der Waals surface area contributed by atoms with Gasteiger partial charge in [-0.1, -0.05) is 48.0 Å². The lowest BCUT2D eigenvalue weighted by molar-refractivity contribution is -0.0221. The fourth-order valence-corrected chi connectivity index (χ4v) is 4.32. The highest BCUT2D eigenvalue weighted by molar-refractivity contribution is 6.31. The number of anilines is 1. The number of benzene rings is 2. The minimum Gasteiger partial charge on any atom is -0.356 e. The van der Waals surface area contributed by atoms with Gasteiger partial charge in [0, 0.05) is 54.5 Å². The first-order valence-corrected chi connectivity index (χ1v) is 10.1. The van der Waals surface area contributed by atoms with Gasteiger partial charge in [-0.05, 0) is 23.8 Å². The van der Waals surface area contributed by atoms with Crippen molar-refractivity contribution in [3.05, 3.63) is 71.4 Å². The van der Waals surface area contributed by atoms with Crippen LogP contribution in [0.2, 0.25) is 5.02 Å². The molecule has 0 saturated carbocycles. The monoisotopic (exact) mass is 411 g/mol. The largest absolute Gasteiger partial charge is 0.356 e. The van der Waals surface area contributed by atoms with E-state index in [1.807, 2.05) is 59.6 Å². The van der Waals surface area contributed by atoms with Crippen molar-refractivity contribution in [3.63, 3.8) is 0 Å². The van der Waals surface area contributed by atoms with Gasteiger partial charge < -0.3 is 9.47 Å². The topological polar surface area (TPSA) is 21.1 Å². The first kappa shape index (κ1) is 18.4. The van der Waals surface area contributed by atoms with Crippen molar-refractivity contribution in [2.45, 2.75) is 25.3 Å². The average molecular weight is 412 g/mol. The molecule has 0 bridgehead atoms. The van der Waals surface area contributed by atoms with Crippen LogP contribution in [-0.2, 0) is 6.54 Å². The molecule has 0 radical (unpaired) electrons. The normalized spacial score (nSPS) is 16.6. The van der Waals surface area contributed by atoms with Gasteiger partial charge in [0.2, 0.25) is 0 Å². The summed E-state index contributed by atoms with van der Waals surface area (Å²) in [5.74, 6) is -1.80. The molecule has 6 heteroatoms. The average Bonchev–Trinajstić information content (AvgIpc) is 3.13. The number of piperidine rings is 1. The molecule has 3 heterocycles. The van der Waals surface area contributed by atoms with Crippen molar-refractivity contribution in [1.82, 2.24) is 9.55 Å². The van der Waals surface area contributed by atoms with Crippen molar-refractivity contribution in [2.24, 2.45) is 0 Å². The highest BCUT2D eigenvalue weighted by Gasteiger charge is 2.35. The molecule has 2 aromatic heterocycles. The molecule has 29 heavy (non-hydrogen) atoms. The third kappa shape index (κ3) is 3.33. The molecule has 1 saturated heterocycles. The summed E-state index contributed by atoms with van der Waals surface area (Å²) in [6.07, 6.45) is 1.76. The summed E-state index contributed by atoms with van der Waals surface area (Å²) in [6.45, 7) is 1.25. The number of halogens is 3. The van der Waals surface area contributed by atoms with Crippen LogP contribution in [0.15, 0.2) is 60.8 Å². The first-order valence-electron chi connectivity index (χ1n) is 9.76. The van der Waals surface area contributed by atoms with Crippen LogP contribution in [0.5, 0.6) is 0 Å². The van der Waals surface area contributed by atoms with Gasteiger partial charge in [-0.2, -0.15) is 0 Å². The van der Waals surface area contributed by atoms with Crippen LogP contribution in [0, 0.1) is 0 Å². The maximum absolute atomic E-state index is 13.7. The van der Waals surface area contributed by atoms with Gasteiger partial charge in [-0.25, -0.2) is 13.8 Å². The Labute approximate surface area is 172 Å². The summed E-state index contributed by atoms with van der Waals surface area (Å²) in [7, 11) is 0. The summed E-state index contributed by atoms with van der Waals surface area (Å²) >= 11 is 6.39. The molecule has 0 spiro atoms. The molecule has 0 N–H and O–H groups in total. The van der Waals surface area contributed by atoms with Crippen molar-refractivity contribution in [3.8, 4) is 0 Å². The lowest BCUT2D eigenvalue weighted by Gasteiger charge is -2.33. The quantitative estimate of drug-likeness (QED) is 0.404. The fourth-order valence-electron chi connectivity index (χ4n) is 4.13. The summed E-state index contributed by atoms with van der Waals surface area (Å²) in [5, 5.41) is 2.76. The van der Waals surface area contributed by atoms with Crippen molar-refractivity contribution >= 4 is 39.2 Å². The Kier molecular flexibility index (Phi) is 4.43. The number of hydrogen-bond acceptors (Lipinski definition) is 2. The van der Waals surface area contributed by atoms with Crippen molar-refractivity contribution in [2.75, 3.05) is 18.0 Å². The molecule has 0 unspecified atom stereocenters. The second-order valence-electron chi connectivity index (χ2n) is 7.59. The highest BCUT2D eigenvalue weighted by atomic mass is 35.5. The molecular weight excluding hydrogens is 392 g/mol. The van der Waals surface area contributed by atoms with E-state index in [9.17, 15) is 8.78 Å². The lowest BCUT2D eigenvalue weighted by Crippen LogP contribution is -2.39. The number of para-hydroxylation sites is 1. The third-order valence-corrected chi connectivity index (χ3v) is 6.05. The SMILES string of the molecule is FC1(F)CCN(c2nc3ccccc3c3c2ccn3Cc2ccccc2Cl)CC1. The third-order valence-electron chi connectivity index (χ3n) is 5.68. The summed E-state index contributed by atoms with van der Waals surface area (Å²) in [6, 6.07) is 17.8. The number of pyridine rings is 1. The van der Waals surface area contributed by atoms with Crippen LogP contribution in [0.1, 0.15) is 18.4 Å². The summed E-state index contributed by atoms with van der Waals surface area (Å²) in [5.41, 5.74) is 2.96. The number of hydrogen-bond donors (Lipinski definition) is 0. The number of fused-ring (bicyclic) bond motifs is 3. The Bertz CT molecular complexity index is 1190. The van der Waals surface area contributed by atoms with E-state index in [2.05, 4.69) is 10.6 Å². The second-order valence-corrected chi connectivity index (χ2v) is 8.00. The minimum atomic E-state index is -2.58. The number of aromatic nitrogens is 2. The molecule has 4 aromatic rings. The zero-order chi connectivity index (χ0) is 20.0. The van der Waals surface area contributed by atoms with Crippen LogP contribution >= 0.6 is 11.6 Å². The maximum atomic E-state index is 13.7. The van der Waals surface area contributed by atoms with Gasteiger partial charge in [-0.15, -0.1) is 0 Å². The number of rotatable bonds is 3. The van der Waals surface area contributed by atoms with Gasteiger partial charge >= 0.3 is 0 Å². The molecule has 3 nitrogen and oxygen atoms in total. The van der Waals surface area contributed by atoms with E-state index in [4.69, 9.17) is 16.6 Å². The zero-order valence-electron chi connectivity index (χ0n) is 15.8.